The Labute approximate surface area is 156 Å². The Kier molecular flexibility index (Phi) is 5.58. The molecule has 0 spiro atoms. The van der Waals surface area contributed by atoms with Crippen LogP contribution in [0.2, 0.25) is 5.02 Å². The Hall–Kier alpha value is -2.80. The lowest BCUT2D eigenvalue weighted by atomic mass is 10.1. The molecular formula is C18H20ClN5O2. The average Bonchev–Trinajstić information content (AvgIpc) is 3.26. The van der Waals surface area contributed by atoms with Gasteiger partial charge >= 0.3 is 0 Å². The molecule has 0 radical (unpaired) electrons. The number of ether oxygens (including phenoxy) is 1. The minimum absolute atomic E-state index is 0.188. The summed E-state index contributed by atoms with van der Waals surface area (Å²) in [5.74, 6) is 0.586. The van der Waals surface area contributed by atoms with Crippen molar-refractivity contribution in [2.75, 3.05) is 13.7 Å². The van der Waals surface area contributed by atoms with Crippen LogP contribution in [0.4, 0.5) is 0 Å². The van der Waals surface area contributed by atoms with Crippen molar-refractivity contribution in [1.29, 1.82) is 0 Å². The number of benzene rings is 1. The Morgan fingerprint density at radius 3 is 2.77 bits per heavy atom. The number of aromatic nitrogens is 4. The fourth-order valence-corrected chi connectivity index (χ4v) is 2.64. The maximum absolute atomic E-state index is 12.2. The van der Waals surface area contributed by atoms with E-state index in [0.717, 1.165) is 23.4 Å². The number of amides is 1. The summed E-state index contributed by atoms with van der Waals surface area (Å²) in [5.41, 5.74) is 2.85. The van der Waals surface area contributed by atoms with Gasteiger partial charge in [-0.2, -0.15) is 10.2 Å². The lowest BCUT2D eigenvalue weighted by Crippen LogP contribution is -2.25. The van der Waals surface area contributed by atoms with Crippen LogP contribution in [-0.2, 0) is 6.54 Å². The molecule has 1 aromatic carbocycles. The van der Waals surface area contributed by atoms with E-state index in [1.807, 2.05) is 31.2 Å². The topological polar surface area (TPSA) is 84.8 Å². The molecule has 136 valence electrons. The number of halogens is 1. The van der Waals surface area contributed by atoms with Crippen LogP contribution in [0.5, 0.6) is 5.75 Å². The van der Waals surface area contributed by atoms with E-state index in [0.29, 0.717) is 29.5 Å². The van der Waals surface area contributed by atoms with Crippen molar-refractivity contribution in [2.24, 2.45) is 0 Å². The third-order valence-corrected chi connectivity index (χ3v) is 4.32. The van der Waals surface area contributed by atoms with Gasteiger partial charge in [0.2, 0.25) is 0 Å². The molecule has 0 aliphatic rings. The number of carbonyl (C=O) groups is 1. The van der Waals surface area contributed by atoms with E-state index in [1.165, 1.54) is 0 Å². The van der Waals surface area contributed by atoms with E-state index in [9.17, 15) is 4.79 Å². The summed E-state index contributed by atoms with van der Waals surface area (Å²) in [6, 6.07) is 9.23. The van der Waals surface area contributed by atoms with Crippen LogP contribution in [-0.4, -0.2) is 39.5 Å². The lowest BCUT2D eigenvalue weighted by molar-refractivity contribution is 0.0947. The van der Waals surface area contributed by atoms with Gasteiger partial charge in [0.15, 0.2) is 0 Å². The highest BCUT2D eigenvalue weighted by atomic mass is 35.5. The zero-order valence-corrected chi connectivity index (χ0v) is 15.4. The predicted molar refractivity (Wildman–Crippen MR) is 99.5 cm³/mol. The molecule has 7 nitrogen and oxygen atoms in total. The van der Waals surface area contributed by atoms with E-state index in [2.05, 4.69) is 20.6 Å². The molecule has 8 heteroatoms. The number of aryl methyl sites for hydroxylation is 2. The molecule has 0 aliphatic heterocycles. The van der Waals surface area contributed by atoms with Gasteiger partial charge in [0.1, 0.15) is 11.4 Å². The average molecular weight is 374 g/mol. The van der Waals surface area contributed by atoms with Crippen LogP contribution in [0.25, 0.3) is 11.3 Å². The minimum Gasteiger partial charge on any atom is -0.497 e. The highest BCUT2D eigenvalue weighted by molar-refractivity contribution is 6.31. The molecule has 0 aliphatic carbocycles. The Morgan fingerprint density at radius 1 is 1.35 bits per heavy atom. The summed E-state index contributed by atoms with van der Waals surface area (Å²) in [7, 11) is 1.62. The number of hydrogen-bond acceptors (Lipinski definition) is 4. The fourth-order valence-electron chi connectivity index (χ4n) is 2.49. The zero-order valence-electron chi connectivity index (χ0n) is 14.6. The smallest absolute Gasteiger partial charge is 0.269 e. The van der Waals surface area contributed by atoms with Crippen molar-refractivity contribution in [3.05, 3.63) is 52.9 Å². The molecule has 0 fully saturated rings. The maximum Gasteiger partial charge on any atom is 0.269 e. The summed E-state index contributed by atoms with van der Waals surface area (Å²) >= 11 is 5.97. The number of nitrogens with one attached hydrogen (secondary N) is 2. The fraction of sp³-hybridized carbons (Fsp3) is 0.278. The predicted octanol–water partition coefficient (Wildman–Crippen LogP) is 3.06. The highest BCUT2D eigenvalue weighted by Gasteiger charge is 2.11. The zero-order chi connectivity index (χ0) is 18.5. The van der Waals surface area contributed by atoms with Gasteiger partial charge in [-0.3, -0.25) is 14.6 Å². The lowest BCUT2D eigenvalue weighted by Gasteiger charge is -2.03. The van der Waals surface area contributed by atoms with Crippen LogP contribution < -0.4 is 10.1 Å². The number of H-pyrrole nitrogens is 1. The molecule has 3 aromatic rings. The monoisotopic (exact) mass is 373 g/mol. The summed E-state index contributed by atoms with van der Waals surface area (Å²) in [6.45, 7) is 3.08. The Morgan fingerprint density at radius 2 is 2.12 bits per heavy atom. The molecule has 26 heavy (non-hydrogen) atoms. The first-order chi connectivity index (χ1) is 12.6. The SMILES string of the molecule is COc1ccc(-c2cc(C(=O)NCCCn3cc(Cl)c(C)n3)[nH]n2)cc1. The molecule has 3 rings (SSSR count). The second kappa shape index (κ2) is 8.05. The van der Waals surface area contributed by atoms with Crippen molar-refractivity contribution in [3.8, 4) is 17.0 Å². The third kappa shape index (κ3) is 4.23. The van der Waals surface area contributed by atoms with Gasteiger partial charge < -0.3 is 10.1 Å². The molecule has 0 saturated carbocycles. The van der Waals surface area contributed by atoms with Crippen LogP contribution in [0.15, 0.2) is 36.5 Å². The Bertz CT molecular complexity index is 866. The largest absolute Gasteiger partial charge is 0.497 e. The van der Waals surface area contributed by atoms with Crippen LogP contribution in [0.1, 0.15) is 22.6 Å². The number of aromatic amines is 1. The van der Waals surface area contributed by atoms with E-state index >= 15 is 0 Å². The molecule has 2 heterocycles. The standard InChI is InChI=1S/C18H20ClN5O2/c1-12-15(19)11-24(23-12)9-3-8-20-18(25)17-10-16(21-22-17)13-4-6-14(26-2)7-5-13/h4-7,10-11H,3,8-9H2,1-2H3,(H,20,25)(H,21,22). The molecule has 1 amide bonds. The van der Waals surface area contributed by atoms with Crippen LogP contribution >= 0.6 is 11.6 Å². The number of carbonyl (C=O) groups excluding carboxylic acids is 1. The van der Waals surface area contributed by atoms with Gasteiger partial charge in [0.25, 0.3) is 5.91 Å². The first-order valence-electron chi connectivity index (χ1n) is 8.24. The quantitative estimate of drug-likeness (QED) is 0.623. The Balaban J connectivity index is 1.51. The maximum atomic E-state index is 12.2. The summed E-state index contributed by atoms with van der Waals surface area (Å²) in [6.07, 6.45) is 2.54. The normalized spacial score (nSPS) is 10.7. The van der Waals surface area contributed by atoms with Gasteiger partial charge in [0, 0.05) is 24.8 Å². The number of methoxy groups -OCH3 is 1. The first kappa shape index (κ1) is 18.0. The van der Waals surface area contributed by atoms with Crippen molar-refractivity contribution in [3.63, 3.8) is 0 Å². The second-order valence-corrected chi connectivity index (χ2v) is 6.24. The molecular weight excluding hydrogens is 354 g/mol. The summed E-state index contributed by atoms with van der Waals surface area (Å²) < 4.78 is 6.92. The summed E-state index contributed by atoms with van der Waals surface area (Å²) in [5, 5.41) is 14.8. The molecule has 2 aromatic heterocycles. The number of nitrogens with zero attached hydrogens (tertiary/aromatic N) is 3. The van der Waals surface area contributed by atoms with Crippen molar-refractivity contribution in [1.82, 2.24) is 25.3 Å². The minimum atomic E-state index is -0.188. The van der Waals surface area contributed by atoms with E-state index < -0.39 is 0 Å². The molecule has 0 saturated heterocycles. The van der Waals surface area contributed by atoms with Gasteiger partial charge in [-0.15, -0.1) is 0 Å². The van der Waals surface area contributed by atoms with Crippen molar-refractivity contribution in [2.45, 2.75) is 19.9 Å². The van der Waals surface area contributed by atoms with Crippen molar-refractivity contribution >= 4 is 17.5 Å². The van der Waals surface area contributed by atoms with Gasteiger partial charge in [-0.05, 0) is 43.7 Å². The van der Waals surface area contributed by atoms with Crippen LogP contribution in [0, 0.1) is 6.92 Å². The van der Waals surface area contributed by atoms with Gasteiger partial charge in [-0.25, -0.2) is 0 Å². The van der Waals surface area contributed by atoms with Crippen LogP contribution in [0.3, 0.4) is 0 Å². The number of hydrogen-bond donors (Lipinski definition) is 2. The third-order valence-electron chi connectivity index (χ3n) is 3.94. The molecule has 0 bridgehead atoms. The van der Waals surface area contributed by atoms with Crippen molar-refractivity contribution < 1.29 is 9.53 Å². The van der Waals surface area contributed by atoms with Gasteiger partial charge in [0.05, 0.1) is 23.5 Å². The highest BCUT2D eigenvalue weighted by Crippen LogP contribution is 2.21. The van der Waals surface area contributed by atoms with Gasteiger partial charge in [-0.1, -0.05) is 11.6 Å². The molecule has 0 atom stereocenters. The first-order valence-corrected chi connectivity index (χ1v) is 8.62. The summed E-state index contributed by atoms with van der Waals surface area (Å²) in [4.78, 5) is 12.2. The van der Waals surface area contributed by atoms with E-state index in [-0.39, 0.29) is 5.91 Å². The molecule has 2 N–H and O–H groups in total. The molecule has 0 unspecified atom stereocenters. The second-order valence-electron chi connectivity index (χ2n) is 5.83. The number of rotatable bonds is 7. The van der Waals surface area contributed by atoms with E-state index in [1.54, 1.807) is 24.1 Å². The van der Waals surface area contributed by atoms with E-state index in [4.69, 9.17) is 16.3 Å².